The standard InChI is InChI=1S/C17H21N3OS3/c1-12-8-13(2)10-19(9-12)15(21)11-23-16-18-20(17(22)24-16)14-6-4-3-5-7-14/h3-7,12-13H,8-11H2,1-2H3/t12-,13-/m1/s1. The van der Waals surface area contributed by atoms with E-state index in [1.165, 1.54) is 29.5 Å². The summed E-state index contributed by atoms with van der Waals surface area (Å²) in [6.07, 6.45) is 1.21. The Morgan fingerprint density at radius 1 is 1.29 bits per heavy atom. The summed E-state index contributed by atoms with van der Waals surface area (Å²) >= 11 is 8.34. The second-order valence-electron chi connectivity index (χ2n) is 6.41. The molecular weight excluding hydrogens is 358 g/mol. The van der Waals surface area contributed by atoms with Crippen molar-refractivity contribution in [3.8, 4) is 5.69 Å². The molecule has 7 heteroatoms. The molecule has 1 fully saturated rings. The number of hydrogen-bond acceptors (Lipinski definition) is 5. The molecule has 1 aromatic heterocycles. The molecule has 3 rings (SSSR count). The van der Waals surface area contributed by atoms with E-state index in [0.717, 1.165) is 23.1 Å². The molecule has 1 amide bonds. The van der Waals surface area contributed by atoms with Gasteiger partial charge >= 0.3 is 0 Å². The van der Waals surface area contributed by atoms with Crippen LogP contribution >= 0.6 is 35.3 Å². The molecule has 0 spiro atoms. The van der Waals surface area contributed by atoms with Gasteiger partial charge in [0.05, 0.1) is 11.4 Å². The van der Waals surface area contributed by atoms with Gasteiger partial charge < -0.3 is 4.90 Å². The quantitative estimate of drug-likeness (QED) is 0.588. The van der Waals surface area contributed by atoms with E-state index in [1.54, 1.807) is 4.68 Å². The van der Waals surface area contributed by atoms with Crippen LogP contribution in [0.4, 0.5) is 0 Å². The summed E-state index contributed by atoms with van der Waals surface area (Å²) in [6, 6.07) is 9.85. The fraction of sp³-hybridized carbons (Fsp3) is 0.471. The summed E-state index contributed by atoms with van der Waals surface area (Å²) in [4.78, 5) is 14.5. The Balaban J connectivity index is 1.63. The summed E-state index contributed by atoms with van der Waals surface area (Å²) in [5, 5.41) is 4.55. The number of hydrogen-bond donors (Lipinski definition) is 0. The van der Waals surface area contributed by atoms with Crippen molar-refractivity contribution in [2.75, 3.05) is 18.8 Å². The Morgan fingerprint density at radius 2 is 1.96 bits per heavy atom. The minimum Gasteiger partial charge on any atom is -0.341 e. The van der Waals surface area contributed by atoms with Crippen LogP contribution in [-0.4, -0.2) is 39.4 Å². The molecule has 4 nitrogen and oxygen atoms in total. The highest BCUT2D eigenvalue weighted by Crippen LogP contribution is 2.26. The van der Waals surface area contributed by atoms with E-state index < -0.39 is 0 Å². The van der Waals surface area contributed by atoms with Crippen molar-refractivity contribution in [3.05, 3.63) is 34.3 Å². The number of likely N-dealkylation sites (tertiary alicyclic amines) is 1. The molecule has 0 saturated carbocycles. The summed E-state index contributed by atoms with van der Waals surface area (Å²) in [6.45, 7) is 6.18. The Labute approximate surface area is 155 Å². The van der Waals surface area contributed by atoms with E-state index in [-0.39, 0.29) is 5.91 Å². The van der Waals surface area contributed by atoms with Crippen LogP contribution in [-0.2, 0) is 4.79 Å². The van der Waals surface area contributed by atoms with Gasteiger partial charge in [0.1, 0.15) is 0 Å². The topological polar surface area (TPSA) is 38.1 Å². The molecule has 1 aromatic carbocycles. The third-order valence-corrected chi connectivity index (χ3v) is 6.42. The number of rotatable bonds is 4. The second kappa shape index (κ2) is 7.80. The van der Waals surface area contributed by atoms with Crippen LogP contribution in [0.15, 0.2) is 34.7 Å². The predicted molar refractivity (Wildman–Crippen MR) is 103 cm³/mol. The Kier molecular flexibility index (Phi) is 5.73. The molecule has 1 aliphatic rings. The maximum Gasteiger partial charge on any atom is 0.233 e. The van der Waals surface area contributed by atoms with E-state index in [4.69, 9.17) is 12.2 Å². The number of thioether (sulfide) groups is 1. The smallest absolute Gasteiger partial charge is 0.233 e. The molecule has 0 unspecified atom stereocenters. The van der Waals surface area contributed by atoms with Gasteiger partial charge in [-0.3, -0.25) is 4.79 Å². The fourth-order valence-electron chi connectivity index (χ4n) is 3.13. The minimum atomic E-state index is 0.200. The van der Waals surface area contributed by atoms with Crippen molar-refractivity contribution < 1.29 is 4.79 Å². The molecule has 2 aromatic rings. The number of benzene rings is 1. The molecule has 0 bridgehead atoms. The van der Waals surface area contributed by atoms with Crippen LogP contribution in [0.2, 0.25) is 0 Å². The number of piperidine rings is 1. The zero-order valence-electron chi connectivity index (χ0n) is 13.8. The van der Waals surface area contributed by atoms with Crippen molar-refractivity contribution in [3.63, 3.8) is 0 Å². The van der Waals surface area contributed by atoms with Crippen molar-refractivity contribution in [2.45, 2.75) is 24.6 Å². The first kappa shape index (κ1) is 17.6. The number of para-hydroxylation sites is 1. The lowest BCUT2D eigenvalue weighted by molar-refractivity contribution is -0.130. The van der Waals surface area contributed by atoms with Gasteiger partial charge in [-0.1, -0.05) is 55.1 Å². The molecule has 128 valence electrons. The van der Waals surface area contributed by atoms with Gasteiger partial charge in [-0.2, -0.15) is 0 Å². The maximum absolute atomic E-state index is 12.5. The normalized spacial score (nSPS) is 21.0. The molecule has 0 radical (unpaired) electrons. The van der Waals surface area contributed by atoms with E-state index >= 15 is 0 Å². The van der Waals surface area contributed by atoms with E-state index in [1.807, 2.05) is 35.2 Å². The van der Waals surface area contributed by atoms with E-state index in [9.17, 15) is 4.79 Å². The average molecular weight is 380 g/mol. The number of amides is 1. The first-order valence-electron chi connectivity index (χ1n) is 8.09. The third kappa shape index (κ3) is 4.26. The van der Waals surface area contributed by atoms with Gasteiger partial charge in [-0.05, 0) is 42.6 Å². The van der Waals surface area contributed by atoms with E-state index in [0.29, 0.717) is 21.5 Å². The van der Waals surface area contributed by atoms with Gasteiger partial charge in [-0.15, -0.1) is 5.10 Å². The lowest BCUT2D eigenvalue weighted by Crippen LogP contribution is -2.43. The van der Waals surface area contributed by atoms with Crippen molar-refractivity contribution in [1.82, 2.24) is 14.7 Å². The summed E-state index contributed by atoms with van der Waals surface area (Å²) in [5.74, 6) is 1.80. The average Bonchev–Trinajstić information content (AvgIpc) is 2.93. The Bertz CT molecular complexity index is 746. The first-order chi connectivity index (χ1) is 11.5. The Morgan fingerprint density at radius 3 is 2.62 bits per heavy atom. The SMILES string of the molecule is C[C@@H]1C[C@@H](C)CN(C(=O)CSc2nn(-c3ccccc3)c(=S)s2)C1. The third-order valence-electron chi connectivity index (χ3n) is 4.07. The highest BCUT2D eigenvalue weighted by molar-refractivity contribution is 8.01. The minimum absolute atomic E-state index is 0.200. The molecule has 0 N–H and O–H groups in total. The summed E-state index contributed by atoms with van der Waals surface area (Å²) in [7, 11) is 0. The van der Waals surface area contributed by atoms with Crippen LogP contribution in [0.3, 0.4) is 0 Å². The number of aromatic nitrogens is 2. The Hall–Kier alpha value is -1.18. The maximum atomic E-state index is 12.5. The molecule has 1 saturated heterocycles. The molecular formula is C17H21N3OS3. The van der Waals surface area contributed by atoms with Gasteiger partial charge in [0.25, 0.3) is 0 Å². The molecule has 24 heavy (non-hydrogen) atoms. The first-order valence-corrected chi connectivity index (χ1v) is 10.3. The van der Waals surface area contributed by atoms with Crippen LogP contribution in [0.1, 0.15) is 20.3 Å². The van der Waals surface area contributed by atoms with Gasteiger partial charge in [-0.25, -0.2) is 4.68 Å². The fourth-order valence-corrected chi connectivity index (χ4v) is 5.40. The lowest BCUT2D eigenvalue weighted by atomic mass is 9.92. The highest BCUT2D eigenvalue weighted by Gasteiger charge is 2.25. The summed E-state index contributed by atoms with van der Waals surface area (Å²) < 4.78 is 3.31. The van der Waals surface area contributed by atoms with Crippen LogP contribution in [0.5, 0.6) is 0 Å². The van der Waals surface area contributed by atoms with Crippen LogP contribution in [0.25, 0.3) is 5.69 Å². The van der Waals surface area contributed by atoms with Crippen LogP contribution < -0.4 is 0 Å². The predicted octanol–water partition coefficient (Wildman–Crippen LogP) is 4.26. The molecule has 2 heterocycles. The van der Waals surface area contributed by atoms with E-state index in [2.05, 4.69) is 18.9 Å². The molecule has 2 atom stereocenters. The van der Waals surface area contributed by atoms with Gasteiger partial charge in [0.2, 0.25) is 5.91 Å². The summed E-state index contributed by atoms with van der Waals surface area (Å²) in [5.41, 5.74) is 0.954. The lowest BCUT2D eigenvalue weighted by Gasteiger charge is -2.34. The zero-order valence-corrected chi connectivity index (χ0v) is 16.3. The number of carbonyl (C=O) groups is 1. The van der Waals surface area contributed by atoms with Crippen molar-refractivity contribution in [1.29, 1.82) is 0 Å². The molecule has 1 aliphatic heterocycles. The largest absolute Gasteiger partial charge is 0.341 e. The second-order valence-corrected chi connectivity index (χ2v) is 9.26. The number of nitrogens with zero attached hydrogens (tertiary/aromatic N) is 3. The highest BCUT2D eigenvalue weighted by atomic mass is 32.2. The van der Waals surface area contributed by atoms with Gasteiger partial charge in [0.15, 0.2) is 8.29 Å². The molecule has 0 aliphatic carbocycles. The number of carbonyl (C=O) groups excluding carboxylic acids is 1. The van der Waals surface area contributed by atoms with Crippen molar-refractivity contribution >= 4 is 41.2 Å². The zero-order chi connectivity index (χ0) is 17.1. The van der Waals surface area contributed by atoms with Gasteiger partial charge in [0, 0.05) is 13.1 Å². The van der Waals surface area contributed by atoms with Crippen molar-refractivity contribution in [2.24, 2.45) is 11.8 Å². The van der Waals surface area contributed by atoms with Crippen LogP contribution in [0, 0.1) is 15.8 Å². The monoisotopic (exact) mass is 379 g/mol.